The molecule has 5 nitrogen and oxygen atoms in total. The van der Waals surface area contributed by atoms with Gasteiger partial charge in [-0.05, 0) is 26.7 Å². The summed E-state index contributed by atoms with van der Waals surface area (Å²) in [6, 6.07) is 0. The Bertz CT molecular complexity index is 404. The summed E-state index contributed by atoms with van der Waals surface area (Å²) in [7, 11) is 0. The molecule has 0 saturated carbocycles. The second-order valence-corrected chi connectivity index (χ2v) is 4.91. The predicted octanol–water partition coefficient (Wildman–Crippen LogP) is 2.22. The van der Waals surface area contributed by atoms with Crippen molar-refractivity contribution >= 4 is 11.7 Å². The molecule has 0 aliphatic rings. The lowest BCUT2D eigenvalue weighted by Crippen LogP contribution is -2.43. The van der Waals surface area contributed by atoms with Crippen LogP contribution in [-0.4, -0.2) is 28.0 Å². The van der Waals surface area contributed by atoms with E-state index < -0.39 is 0 Å². The maximum atomic E-state index is 12.0. The second kappa shape index (κ2) is 6.33. The van der Waals surface area contributed by atoms with Gasteiger partial charge < -0.3 is 10.6 Å². The molecular weight excluding hydrogens is 228 g/mol. The first kappa shape index (κ1) is 14.4. The first-order chi connectivity index (χ1) is 8.48. The van der Waals surface area contributed by atoms with Gasteiger partial charge in [-0.3, -0.25) is 9.78 Å². The van der Waals surface area contributed by atoms with Crippen molar-refractivity contribution in [1.82, 2.24) is 15.3 Å². The molecule has 0 aliphatic carbocycles. The van der Waals surface area contributed by atoms with Gasteiger partial charge in [-0.2, -0.15) is 0 Å². The van der Waals surface area contributed by atoms with Gasteiger partial charge in [0.25, 0.3) is 5.91 Å². The molecule has 1 aromatic rings. The second-order valence-electron chi connectivity index (χ2n) is 4.91. The summed E-state index contributed by atoms with van der Waals surface area (Å²) < 4.78 is 0. The fourth-order valence-electron chi connectivity index (χ4n) is 1.27. The number of amides is 1. The molecule has 0 unspecified atom stereocenters. The molecular formula is C13H22N4O. The number of nitrogens with one attached hydrogen (secondary N) is 2. The van der Waals surface area contributed by atoms with Crippen LogP contribution in [0.1, 0.15) is 51.0 Å². The van der Waals surface area contributed by atoms with Gasteiger partial charge in [0.1, 0.15) is 11.5 Å². The summed E-state index contributed by atoms with van der Waals surface area (Å²) in [5, 5.41) is 6.05. The summed E-state index contributed by atoms with van der Waals surface area (Å²) in [5.41, 5.74) is 0.114. The normalized spacial score (nSPS) is 11.1. The highest BCUT2D eigenvalue weighted by Crippen LogP contribution is 2.09. The third-order valence-electron chi connectivity index (χ3n) is 2.76. The fraction of sp³-hybridized carbons (Fsp3) is 0.615. The van der Waals surface area contributed by atoms with Crippen LogP contribution in [-0.2, 0) is 0 Å². The van der Waals surface area contributed by atoms with E-state index in [0.717, 1.165) is 19.4 Å². The van der Waals surface area contributed by atoms with Crippen LogP contribution in [0, 0.1) is 0 Å². The minimum absolute atomic E-state index is 0.186. The van der Waals surface area contributed by atoms with Crippen molar-refractivity contribution in [3.05, 3.63) is 18.1 Å². The highest BCUT2D eigenvalue weighted by molar-refractivity contribution is 5.92. The summed E-state index contributed by atoms with van der Waals surface area (Å²) in [5.74, 6) is 0.452. The van der Waals surface area contributed by atoms with Crippen LogP contribution >= 0.6 is 0 Å². The van der Waals surface area contributed by atoms with E-state index in [0.29, 0.717) is 11.5 Å². The van der Waals surface area contributed by atoms with Crippen LogP contribution in [0.25, 0.3) is 0 Å². The van der Waals surface area contributed by atoms with Gasteiger partial charge in [0.2, 0.25) is 0 Å². The number of carbonyl (C=O) groups is 1. The van der Waals surface area contributed by atoms with Crippen molar-refractivity contribution < 1.29 is 4.79 Å². The minimum atomic E-state index is -0.231. The summed E-state index contributed by atoms with van der Waals surface area (Å²) in [6.07, 6.45) is 4.97. The van der Waals surface area contributed by atoms with Gasteiger partial charge in [-0.25, -0.2) is 4.98 Å². The topological polar surface area (TPSA) is 66.9 Å². The molecule has 5 heteroatoms. The van der Waals surface area contributed by atoms with Gasteiger partial charge >= 0.3 is 0 Å². The van der Waals surface area contributed by atoms with Crippen molar-refractivity contribution in [2.45, 2.75) is 46.1 Å². The van der Waals surface area contributed by atoms with Gasteiger partial charge in [-0.15, -0.1) is 0 Å². The highest BCUT2D eigenvalue weighted by atomic mass is 16.2. The molecule has 100 valence electrons. The minimum Gasteiger partial charge on any atom is -0.369 e. The van der Waals surface area contributed by atoms with E-state index in [-0.39, 0.29) is 11.4 Å². The number of carbonyl (C=O) groups excluding carboxylic acids is 1. The zero-order valence-corrected chi connectivity index (χ0v) is 11.6. The van der Waals surface area contributed by atoms with Crippen LogP contribution in [0.2, 0.25) is 0 Å². The van der Waals surface area contributed by atoms with E-state index in [1.807, 2.05) is 20.8 Å². The quantitative estimate of drug-likeness (QED) is 0.812. The lowest BCUT2D eigenvalue weighted by atomic mass is 10.0. The van der Waals surface area contributed by atoms with Gasteiger partial charge in [0.05, 0.1) is 12.4 Å². The molecule has 0 bridgehead atoms. The average molecular weight is 250 g/mol. The number of nitrogens with zero attached hydrogens (tertiary/aromatic N) is 2. The number of hydrogen-bond acceptors (Lipinski definition) is 4. The molecule has 1 heterocycles. The van der Waals surface area contributed by atoms with Gasteiger partial charge in [-0.1, -0.05) is 13.8 Å². The van der Waals surface area contributed by atoms with E-state index >= 15 is 0 Å². The standard InChI is InChI=1S/C13H22N4O/c1-5-7-15-11-9-14-8-10(16-11)12(18)17-13(3,4)6-2/h8-9H,5-7H2,1-4H3,(H,15,16)(H,17,18). The maximum Gasteiger partial charge on any atom is 0.271 e. The van der Waals surface area contributed by atoms with Crippen molar-refractivity contribution in [3.63, 3.8) is 0 Å². The first-order valence-corrected chi connectivity index (χ1v) is 6.37. The van der Waals surface area contributed by atoms with Crippen LogP contribution in [0.3, 0.4) is 0 Å². The Balaban J connectivity index is 2.74. The van der Waals surface area contributed by atoms with Crippen LogP contribution in [0.15, 0.2) is 12.4 Å². The monoisotopic (exact) mass is 250 g/mol. The lowest BCUT2D eigenvalue weighted by molar-refractivity contribution is 0.0906. The number of anilines is 1. The molecule has 0 radical (unpaired) electrons. The summed E-state index contributed by atoms with van der Waals surface area (Å²) in [6.45, 7) is 8.89. The molecule has 18 heavy (non-hydrogen) atoms. The maximum absolute atomic E-state index is 12.0. The van der Waals surface area contributed by atoms with Gasteiger partial charge in [0, 0.05) is 12.1 Å². The molecule has 1 aromatic heterocycles. The third kappa shape index (κ3) is 4.31. The molecule has 0 aromatic carbocycles. The zero-order chi connectivity index (χ0) is 13.6. The molecule has 0 fully saturated rings. The van der Waals surface area contributed by atoms with E-state index in [4.69, 9.17) is 0 Å². The molecule has 0 atom stereocenters. The molecule has 1 amide bonds. The number of rotatable bonds is 6. The summed E-state index contributed by atoms with van der Waals surface area (Å²) >= 11 is 0. The Labute approximate surface area is 108 Å². The first-order valence-electron chi connectivity index (χ1n) is 6.37. The average Bonchev–Trinajstić information content (AvgIpc) is 2.36. The van der Waals surface area contributed by atoms with Crippen LogP contribution < -0.4 is 10.6 Å². The summed E-state index contributed by atoms with van der Waals surface area (Å²) in [4.78, 5) is 20.3. The fourth-order valence-corrected chi connectivity index (χ4v) is 1.27. The van der Waals surface area contributed by atoms with Crippen LogP contribution in [0.5, 0.6) is 0 Å². The Morgan fingerprint density at radius 1 is 1.33 bits per heavy atom. The van der Waals surface area contributed by atoms with E-state index in [9.17, 15) is 4.79 Å². The molecule has 0 aliphatic heterocycles. The van der Waals surface area contributed by atoms with Crippen molar-refractivity contribution in [2.24, 2.45) is 0 Å². The lowest BCUT2D eigenvalue weighted by Gasteiger charge is -2.24. The molecule has 0 saturated heterocycles. The van der Waals surface area contributed by atoms with E-state index in [1.165, 1.54) is 6.20 Å². The predicted molar refractivity (Wildman–Crippen MR) is 72.6 cm³/mol. The Morgan fingerprint density at radius 3 is 2.67 bits per heavy atom. The Kier molecular flexibility index (Phi) is 5.07. The van der Waals surface area contributed by atoms with Crippen molar-refractivity contribution in [1.29, 1.82) is 0 Å². The smallest absolute Gasteiger partial charge is 0.271 e. The zero-order valence-electron chi connectivity index (χ0n) is 11.6. The molecule has 0 spiro atoms. The van der Waals surface area contributed by atoms with E-state index in [2.05, 4.69) is 27.5 Å². The largest absolute Gasteiger partial charge is 0.369 e. The number of aromatic nitrogens is 2. The highest BCUT2D eigenvalue weighted by Gasteiger charge is 2.19. The van der Waals surface area contributed by atoms with E-state index in [1.54, 1.807) is 6.20 Å². The Morgan fingerprint density at radius 2 is 2.06 bits per heavy atom. The Hall–Kier alpha value is -1.65. The SMILES string of the molecule is CCCNc1cncc(C(=O)NC(C)(C)CC)n1. The van der Waals surface area contributed by atoms with Gasteiger partial charge in [0.15, 0.2) is 0 Å². The molecule has 1 rings (SSSR count). The van der Waals surface area contributed by atoms with Crippen molar-refractivity contribution in [3.8, 4) is 0 Å². The van der Waals surface area contributed by atoms with Crippen molar-refractivity contribution in [2.75, 3.05) is 11.9 Å². The number of hydrogen-bond donors (Lipinski definition) is 2. The molecule has 2 N–H and O–H groups in total. The third-order valence-corrected chi connectivity index (χ3v) is 2.76. The van der Waals surface area contributed by atoms with Crippen LogP contribution in [0.4, 0.5) is 5.82 Å².